The van der Waals surface area contributed by atoms with Gasteiger partial charge in [0, 0.05) is 63.9 Å². The van der Waals surface area contributed by atoms with E-state index < -0.39 is 5.82 Å². The molecule has 250 valence electrons. The Morgan fingerprint density at radius 3 is 2.56 bits per heavy atom. The number of benzene rings is 1. The number of methoxy groups -OCH3 is 1. The summed E-state index contributed by atoms with van der Waals surface area (Å²) in [5, 5.41) is 8.23. The third kappa shape index (κ3) is 8.48. The number of hydrogen-bond donors (Lipinski definition) is 0. The number of nitrogens with zero attached hydrogens (tertiary/aromatic N) is 7. The average molecular weight is 628 g/mol. The van der Waals surface area contributed by atoms with Gasteiger partial charge in [-0.3, -0.25) is 9.69 Å². The lowest BCUT2D eigenvalue weighted by atomic mass is 9.76. The standard InChI is InChI=1S/C34H54FN7O3/c1-10-42(25(4)5)32(43)27-18-26(35)13-14-29(27)45-31-30(36-23-37-38-31)40-17-15-34(20-40)21-41(22-34)28(24(2)3)12-11-16-39(8)19-33(6,7)44-9/h13-14,18,23-25,28H,10-12,15-17,19-22H2,1-9H3/t28-/m1/s1. The first kappa shape index (κ1) is 35.0. The van der Waals surface area contributed by atoms with Crippen LogP contribution in [-0.2, 0) is 4.74 Å². The molecule has 1 aromatic carbocycles. The smallest absolute Gasteiger partial charge is 0.282 e. The molecule has 2 aromatic rings. The van der Waals surface area contributed by atoms with Gasteiger partial charge in [-0.2, -0.15) is 0 Å². The summed E-state index contributed by atoms with van der Waals surface area (Å²) in [6, 6.07) is 4.51. The molecule has 4 rings (SSSR count). The normalized spacial score (nSPS) is 17.4. The van der Waals surface area contributed by atoms with Crippen LogP contribution < -0.4 is 9.64 Å². The van der Waals surface area contributed by atoms with Gasteiger partial charge < -0.3 is 24.2 Å². The second-order valence-electron chi connectivity index (χ2n) is 14.2. The number of amides is 1. The van der Waals surface area contributed by atoms with Crippen molar-refractivity contribution >= 4 is 11.7 Å². The molecule has 0 N–H and O–H groups in total. The number of likely N-dealkylation sites (tertiary alicyclic amines) is 1. The monoisotopic (exact) mass is 627 g/mol. The van der Waals surface area contributed by atoms with Crippen LogP contribution >= 0.6 is 0 Å². The Labute approximate surface area is 269 Å². The number of aromatic nitrogens is 3. The highest BCUT2D eigenvalue weighted by molar-refractivity contribution is 5.97. The van der Waals surface area contributed by atoms with Gasteiger partial charge in [0.2, 0.25) is 0 Å². The second-order valence-corrected chi connectivity index (χ2v) is 14.2. The Bertz CT molecular complexity index is 1280. The maximum absolute atomic E-state index is 14.3. The molecular weight excluding hydrogens is 573 g/mol. The van der Waals surface area contributed by atoms with Crippen LogP contribution in [0.5, 0.6) is 11.6 Å². The third-order valence-electron chi connectivity index (χ3n) is 9.47. The Kier molecular flexibility index (Phi) is 11.4. The Morgan fingerprint density at radius 2 is 1.91 bits per heavy atom. The molecule has 0 aliphatic carbocycles. The molecule has 1 amide bonds. The number of hydrogen-bond acceptors (Lipinski definition) is 9. The van der Waals surface area contributed by atoms with Crippen LogP contribution in [0.3, 0.4) is 0 Å². The van der Waals surface area contributed by atoms with Crippen molar-refractivity contribution in [1.82, 2.24) is 29.9 Å². The number of anilines is 1. The van der Waals surface area contributed by atoms with Gasteiger partial charge in [0.05, 0.1) is 11.2 Å². The van der Waals surface area contributed by atoms with E-state index in [9.17, 15) is 9.18 Å². The van der Waals surface area contributed by atoms with Crippen molar-refractivity contribution in [1.29, 1.82) is 0 Å². The van der Waals surface area contributed by atoms with E-state index in [1.165, 1.54) is 30.9 Å². The lowest BCUT2D eigenvalue weighted by molar-refractivity contribution is -0.0355. The van der Waals surface area contributed by atoms with E-state index in [0.717, 1.165) is 52.1 Å². The zero-order chi connectivity index (χ0) is 32.9. The minimum Gasteiger partial charge on any atom is -0.434 e. The lowest BCUT2D eigenvalue weighted by Crippen LogP contribution is -2.62. The topological polar surface area (TPSA) is 87.2 Å². The van der Waals surface area contributed by atoms with E-state index in [1.54, 1.807) is 12.0 Å². The van der Waals surface area contributed by atoms with Gasteiger partial charge >= 0.3 is 0 Å². The molecule has 2 aliphatic heterocycles. The maximum atomic E-state index is 14.3. The van der Waals surface area contributed by atoms with Gasteiger partial charge in [-0.15, -0.1) is 10.2 Å². The van der Waals surface area contributed by atoms with Crippen molar-refractivity contribution in [2.75, 3.05) is 64.9 Å². The fourth-order valence-electron chi connectivity index (χ4n) is 7.03. The van der Waals surface area contributed by atoms with Crippen molar-refractivity contribution in [3.63, 3.8) is 0 Å². The van der Waals surface area contributed by atoms with Crippen molar-refractivity contribution in [3.05, 3.63) is 35.9 Å². The number of halogens is 1. The van der Waals surface area contributed by atoms with Crippen LogP contribution in [0.2, 0.25) is 0 Å². The van der Waals surface area contributed by atoms with E-state index in [2.05, 4.69) is 64.6 Å². The van der Waals surface area contributed by atoms with Crippen LogP contribution in [0.1, 0.15) is 78.1 Å². The van der Waals surface area contributed by atoms with Gasteiger partial charge in [-0.05, 0) is 91.6 Å². The van der Waals surface area contributed by atoms with E-state index in [-0.39, 0.29) is 40.2 Å². The molecule has 11 heteroatoms. The molecule has 2 fully saturated rings. The van der Waals surface area contributed by atoms with E-state index in [1.807, 2.05) is 20.8 Å². The van der Waals surface area contributed by atoms with Crippen molar-refractivity contribution in [3.8, 4) is 11.6 Å². The first-order valence-electron chi connectivity index (χ1n) is 16.5. The van der Waals surface area contributed by atoms with Crippen LogP contribution in [-0.4, -0.2) is 113 Å². The number of ether oxygens (including phenoxy) is 2. The Morgan fingerprint density at radius 1 is 1.18 bits per heavy atom. The predicted molar refractivity (Wildman–Crippen MR) is 175 cm³/mol. The summed E-state index contributed by atoms with van der Waals surface area (Å²) in [4.78, 5) is 26.8. The number of carbonyl (C=O) groups excluding carboxylic acids is 1. The summed E-state index contributed by atoms with van der Waals surface area (Å²) in [5.74, 6) is 0.852. The largest absolute Gasteiger partial charge is 0.434 e. The average Bonchev–Trinajstić information content (AvgIpc) is 3.41. The van der Waals surface area contributed by atoms with Gasteiger partial charge in [0.25, 0.3) is 11.8 Å². The molecule has 1 spiro atoms. The summed E-state index contributed by atoms with van der Waals surface area (Å²) < 4.78 is 26.1. The number of rotatable bonds is 15. The molecule has 2 aliphatic rings. The van der Waals surface area contributed by atoms with E-state index >= 15 is 0 Å². The first-order valence-corrected chi connectivity index (χ1v) is 16.5. The molecule has 1 atom stereocenters. The van der Waals surface area contributed by atoms with Crippen molar-refractivity contribution < 1.29 is 18.7 Å². The molecule has 45 heavy (non-hydrogen) atoms. The molecular formula is C34H54FN7O3. The summed E-state index contributed by atoms with van der Waals surface area (Å²) >= 11 is 0. The molecule has 0 bridgehead atoms. The maximum Gasteiger partial charge on any atom is 0.282 e. The molecule has 0 saturated carbocycles. The Hall–Kier alpha value is -2.89. The molecule has 3 heterocycles. The van der Waals surface area contributed by atoms with Gasteiger partial charge in [-0.25, -0.2) is 9.37 Å². The fourth-order valence-corrected chi connectivity index (χ4v) is 7.03. The van der Waals surface area contributed by atoms with Crippen LogP contribution in [0.25, 0.3) is 0 Å². The van der Waals surface area contributed by atoms with Gasteiger partial charge in [-0.1, -0.05) is 13.8 Å². The summed E-state index contributed by atoms with van der Waals surface area (Å²) in [6.07, 6.45) is 4.82. The summed E-state index contributed by atoms with van der Waals surface area (Å²) in [7, 11) is 3.96. The van der Waals surface area contributed by atoms with Crippen molar-refractivity contribution in [2.45, 2.75) is 85.4 Å². The van der Waals surface area contributed by atoms with Crippen LogP contribution in [0.4, 0.5) is 10.2 Å². The van der Waals surface area contributed by atoms with Crippen LogP contribution in [0, 0.1) is 17.2 Å². The fraction of sp³-hybridized carbons (Fsp3) is 0.706. The molecule has 0 radical (unpaired) electrons. The zero-order valence-electron chi connectivity index (χ0n) is 28.8. The minimum absolute atomic E-state index is 0.0415. The van der Waals surface area contributed by atoms with E-state index in [0.29, 0.717) is 24.3 Å². The first-order chi connectivity index (χ1) is 21.3. The number of carbonyl (C=O) groups is 1. The second kappa shape index (κ2) is 14.7. The minimum atomic E-state index is -0.499. The zero-order valence-corrected chi connectivity index (χ0v) is 28.8. The molecule has 0 unspecified atom stereocenters. The Balaban J connectivity index is 1.40. The molecule has 2 saturated heterocycles. The quantitative estimate of drug-likeness (QED) is 0.260. The molecule has 1 aromatic heterocycles. The summed E-state index contributed by atoms with van der Waals surface area (Å²) in [5.41, 5.74) is 0.213. The molecule has 10 nitrogen and oxygen atoms in total. The SMILES string of the molecule is CCN(C(=O)c1cc(F)ccc1Oc1nncnc1N1CCC2(C1)CN([C@H](CCCN(C)CC(C)(C)OC)C(C)C)C2)C(C)C. The lowest BCUT2D eigenvalue weighted by Gasteiger charge is -2.53. The summed E-state index contributed by atoms with van der Waals surface area (Å²) in [6.45, 7) is 21.0. The van der Waals surface area contributed by atoms with Crippen molar-refractivity contribution in [2.24, 2.45) is 11.3 Å². The third-order valence-corrected chi connectivity index (χ3v) is 9.47. The number of likely N-dealkylation sites (N-methyl/N-ethyl adjacent to an activating group) is 1. The van der Waals surface area contributed by atoms with Gasteiger partial charge in [0.15, 0.2) is 5.82 Å². The van der Waals surface area contributed by atoms with E-state index in [4.69, 9.17) is 9.47 Å². The highest BCUT2D eigenvalue weighted by Crippen LogP contribution is 2.44. The highest BCUT2D eigenvalue weighted by Gasteiger charge is 2.50. The highest BCUT2D eigenvalue weighted by atomic mass is 19.1. The van der Waals surface area contributed by atoms with Gasteiger partial charge in [0.1, 0.15) is 17.9 Å². The predicted octanol–water partition coefficient (Wildman–Crippen LogP) is 5.35. The van der Waals surface area contributed by atoms with Crippen LogP contribution in [0.15, 0.2) is 24.5 Å².